The standard InChI is InChI=1S/C30H32FN3O5S/c1-30(2,3)33-28(35)19-8-6-7-18(15-19)22-16-23-24(29(36)32-4)26(17-9-11-20(31)12-10-17)39-27(23)21-13-14-34(25(21)22)40(5,37)38/h6-11,13-15,20,23H,12,16H2,1-5H3,(H,32,36)(H,33,35). The van der Waals surface area contributed by atoms with Crippen molar-refractivity contribution in [3.05, 3.63) is 93.4 Å². The molecule has 2 heterocycles. The van der Waals surface area contributed by atoms with Gasteiger partial charge in [0.15, 0.2) is 0 Å². The van der Waals surface area contributed by atoms with Crippen LogP contribution in [0.15, 0.2) is 71.7 Å². The molecule has 1 aromatic heterocycles. The van der Waals surface area contributed by atoms with E-state index in [4.69, 9.17) is 4.74 Å². The summed E-state index contributed by atoms with van der Waals surface area (Å²) in [6.07, 6.45) is 6.63. The Morgan fingerprint density at radius 3 is 2.52 bits per heavy atom. The molecule has 10 heteroatoms. The molecule has 2 aromatic rings. The molecule has 2 aliphatic carbocycles. The first-order valence-corrected chi connectivity index (χ1v) is 14.9. The first kappa shape index (κ1) is 27.6. The number of halogens is 1. The number of rotatable bonds is 5. The molecule has 2 amide bonds. The second kappa shape index (κ2) is 9.92. The van der Waals surface area contributed by atoms with Crippen LogP contribution in [0.5, 0.6) is 0 Å². The molecule has 2 N–H and O–H groups in total. The third kappa shape index (κ3) is 5.03. The number of benzene rings is 1. The Labute approximate surface area is 232 Å². The number of likely N-dealkylation sites (N-methyl/N-ethyl adjacent to an activating group) is 1. The van der Waals surface area contributed by atoms with Crippen LogP contribution in [0.25, 0.3) is 11.3 Å². The van der Waals surface area contributed by atoms with Crippen molar-refractivity contribution in [2.24, 2.45) is 5.92 Å². The van der Waals surface area contributed by atoms with Gasteiger partial charge in [-0.2, -0.15) is 0 Å². The number of carbonyl (C=O) groups excluding carboxylic acids is 2. The van der Waals surface area contributed by atoms with E-state index in [-0.39, 0.29) is 24.7 Å². The summed E-state index contributed by atoms with van der Waals surface area (Å²) in [6.45, 7) is 5.67. The highest BCUT2D eigenvalue weighted by molar-refractivity contribution is 7.89. The van der Waals surface area contributed by atoms with E-state index in [1.54, 1.807) is 36.4 Å². The van der Waals surface area contributed by atoms with Crippen molar-refractivity contribution in [2.75, 3.05) is 13.3 Å². The van der Waals surface area contributed by atoms with Gasteiger partial charge in [-0.25, -0.2) is 16.8 Å². The molecule has 8 nitrogen and oxygen atoms in total. The van der Waals surface area contributed by atoms with Crippen LogP contribution in [-0.2, 0) is 19.6 Å². The highest BCUT2D eigenvalue weighted by Crippen LogP contribution is 2.44. The summed E-state index contributed by atoms with van der Waals surface area (Å²) in [5, 5.41) is 6.62. The molecular weight excluding hydrogens is 533 g/mol. The van der Waals surface area contributed by atoms with Crippen molar-refractivity contribution in [1.29, 1.82) is 0 Å². The third-order valence-electron chi connectivity index (χ3n) is 7.03. The number of aromatic nitrogens is 1. The summed E-state index contributed by atoms with van der Waals surface area (Å²) >= 11 is 0. The monoisotopic (exact) mass is 565 g/mol. The first-order chi connectivity index (χ1) is 18.8. The fourth-order valence-electron chi connectivity index (χ4n) is 5.34. The van der Waals surface area contributed by atoms with Crippen molar-refractivity contribution < 1.29 is 27.1 Å². The normalized spacial score (nSPS) is 20.5. The Kier molecular flexibility index (Phi) is 6.86. The van der Waals surface area contributed by atoms with Crippen molar-refractivity contribution >= 4 is 33.2 Å². The fourth-order valence-corrected chi connectivity index (χ4v) is 6.16. The molecule has 2 unspecified atom stereocenters. The van der Waals surface area contributed by atoms with Crippen molar-refractivity contribution in [3.63, 3.8) is 0 Å². The lowest BCUT2D eigenvalue weighted by molar-refractivity contribution is -0.117. The summed E-state index contributed by atoms with van der Waals surface area (Å²) in [6, 6.07) is 8.68. The second-order valence-electron chi connectivity index (χ2n) is 11.2. The molecule has 0 spiro atoms. The molecule has 3 aliphatic rings. The van der Waals surface area contributed by atoms with Crippen LogP contribution in [0.4, 0.5) is 4.39 Å². The zero-order valence-corrected chi connectivity index (χ0v) is 23.9. The molecule has 1 aliphatic heterocycles. The minimum absolute atomic E-state index is 0.163. The van der Waals surface area contributed by atoms with Crippen molar-refractivity contribution in [2.45, 2.75) is 45.3 Å². The van der Waals surface area contributed by atoms with E-state index in [1.807, 2.05) is 26.8 Å². The van der Waals surface area contributed by atoms with Gasteiger partial charge in [0.2, 0.25) is 10.0 Å². The van der Waals surface area contributed by atoms with E-state index < -0.39 is 27.7 Å². The van der Waals surface area contributed by atoms with Gasteiger partial charge in [0.1, 0.15) is 17.7 Å². The van der Waals surface area contributed by atoms with E-state index in [0.29, 0.717) is 49.9 Å². The van der Waals surface area contributed by atoms with Crippen LogP contribution in [0.2, 0.25) is 0 Å². The first-order valence-electron chi connectivity index (χ1n) is 13.0. The maximum atomic E-state index is 13.8. The number of fused-ring (bicyclic) bond motifs is 2. The summed E-state index contributed by atoms with van der Waals surface area (Å²) in [7, 11) is -2.17. The number of ether oxygens (including phenoxy) is 1. The highest BCUT2D eigenvalue weighted by atomic mass is 32.2. The molecule has 210 valence electrons. The molecule has 5 rings (SSSR count). The van der Waals surface area contributed by atoms with Gasteiger partial charge in [-0.3, -0.25) is 9.59 Å². The maximum Gasteiger partial charge on any atom is 0.251 e. The van der Waals surface area contributed by atoms with Gasteiger partial charge in [-0.15, -0.1) is 0 Å². The van der Waals surface area contributed by atoms with Crippen LogP contribution >= 0.6 is 0 Å². The van der Waals surface area contributed by atoms with Gasteiger partial charge in [-0.1, -0.05) is 24.3 Å². The molecule has 2 atom stereocenters. The van der Waals surface area contributed by atoms with Crippen LogP contribution in [0, 0.1) is 5.92 Å². The Balaban J connectivity index is 1.73. The summed E-state index contributed by atoms with van der Waals surface area (Å²) in [5.74, 6) is -0.308. The predicted molar refractivity (Wildman–Crippen MR) is 151 cm³/mol. The zero-order valence-electron chi connectivity index (χ0n) is 23.0. The number of nitrogens with one attached hydrogen (secondary N) is 2. The van der Waals surface area contributed by atoms with Gasteiger partial charge in [-0.05, 0) is 62.6 Å². The molecule has 0 saturated heterocycles. The Bertz CT molecular complexity index is 1760. The molecule has 0 bridgehead atoms. The number of nitrogens with zero attached hydrogens (tertiary/aromatic N) is 1. The minimum atomic E-state index is -3.71. The van der Waals surface area contributed by atoms with E-state index in [0.717, 1.165) is 6.26 Å². The summed E-state index contributed by atoms with van der Waals surface area (Å²) in [4.78, 5) is 26.2. The third-order valence-corrected chi connectivity index (χ3v) is 8.05. The average Bonchev–Trinajstić information content (AvgIpc) is 3.49. The largest absolute Gasteiger partial charge is 0.459 e. The second-order valence-corrected chi connectivity index (χ2v) is 13.1. The molecule has 0 radical (unpaired) electrons. The number of hydrogen-bond donors (Lipinski definition) is 2. The van der Waals surface area contributed by atoms with Crippen LogP contribution in [0.1, 0.15) is 49.5 Å². The lowest BCUT2D eigenvalue weighted by Gasteiger charge is -2.22. The van der Waals surface area contributed by atoms with Crippen molar-refractivity contribution in [3.8, 4) is 0 Å². The highest BCUT2D eigenvalue weighted by Gasteiger charge is 2.41. The van der Waals surface area contributed by atoms with Crippen LogP contribution < -0.4 is 21.2 Å². The van der Waals surface area contributed by atoms with E-state index in [2.05, 4.69) is 10.6 Å². The van der Waals surface area contributed by atoms with Gasteiger partial charge in [0.05, 0.1) is 23.1 Å². The quantitative estimate of drug-likeness (QED) is 0.579. The summed E-state index contributed by atoms with van der Waals surface area (Å²) < 4.78 is 47.0. The number of alkyl halides is 1. The topological polar surface area (TPSA) is 106 Å². The molecule has 0 fully saturated rings. The lowest BCUT2D eigenvalue weighted by atomic mass is 9.83. The minimum Gasteiger partial charge on any atom is -0.459 e. The number of carbonyl (C=O) groups is 2. The lowest BCUT2D eigenvalue weighted by Crippen LogP contribution is -2.41. The van der Waals surface area contributed by atoms with Gasteiger partial charge in [0, 0.05) is 41.6 Å². The molecule has 0 saturated carbocycles. The van der Waals surface area contributed by atoms with E-state index in [9.17, 15) is 22.4 Å². The SMILES string of the molecule is CNC(=O)C1=C(C2=CCC(F)C=C2)OC2=c3ccn(S(C)(=O)=O)c3=C(c3cccc(C(=O)NC(C)(C)C)c3)CC12. The van der Waals surface area contributed by atoms with E-state index in [1.165, 1.54) is 23.3 Å². The number of allylic oxidation sites excluding steroid dienone is 3. The van der Waals surface area contributed by atoms with Crippen LogP contribution in [-0.4, -0.2) is 49.2 Å². The van der Waals surface area contributed by atoms with Gasteiger partial charge < -0.3 is 15.4 Å². The number of amides is 2. The fraction of sp³-hybridized carbons (Fsp3) is 0.333. The molecular formula is C30H32FN3O5S. The summed E-state index contributed by atoms with van der Waals surface area (Å²) in [5.41, 5.74) is 2.29. The van der Waals surface area contributed by atoms with Gasteiger partial charge in [0.25, 0.3) is 11.8 Å². The Morgan fingerprint density at radius 1 is 1.15 bits per heavy atom. The smallest absolute Gasteiger partial charge is 0.251 e. The average molecular weight is 566 g/mol. The predicted octanol–water partition coefficient (Wildman–Crippen LogP) is 2.41. The Morgan fingerprint density at radius 2 is 1.90 bits per heavy atom. The Hall–Kier alpha value is -3.92. The van der Waals surface area contributed by atoms with Crippen molar-refractivity contribution in [1.82, 2.24) is 14.6 Å². The van der Waals surface area contributed by atoms with Crippen LogP contribution in [0.3, 0.4) is 0 Å². The number of hydrogen-bond acceptors (Lipinski definition) is 5. The molecule has 1 aromatic carbocycles. The maximum absolute atomic E-state index is 13.8. The molecule has 40 heavy (non-hydrogen) atoms. The van der Waals surface area contributed by atoms with Gasteiger partial charge >= 0.3 is 0 Å². The zero-order chi connectivity index (χ0) is 29.0. The van der Waals surface area contributed by atoms with E-state index >= 15 is 0 Å².